The van der Waals surface area contributed by atoms with Crippen LogP contribution in [0.5, 0.6) is 0 Å². The third-order valence-electron chi connectivity index (χ3n) is 2.94. The average Bonchev–Trinajstić information content (AvgIpc) is 2.85. The molecule has 0 aliphatic carbocycles. The van der Waals surface area contributed by atoms with Gasteiger partial charge in [-0.2, -0.15) is 0 Å². The molecule has 0 unspecified atom stereocenters. The fraction of sp³-hybridized carbons (Fsp3) is 0.286. The van der Waals surface area contributed by atoms with Gasteiger partial charge in [0.05, 0.1) is 24.9 Å². The lowest BCUT2D eigenvalue weighted by atomic mass is 10.1. The largest absolute Gasteiger partial charge is 0.465 e. The molecule has 2 rings (SSSR count). The van der Waals surface area contributed by atoms with Crippen LogP contribution in [0.1, 0.15) is 27.4 Å². The summed E-state index contributed by atoms with van der Waals surface area (Å²) in [5, 5.41) is 6.98. The Kier molecular flexibility index (Phi) is 3.93. The van der Waals surface area contributed by atoms with E-state index in [0.717, 1.165) is 22.7 Å². The predicted octanol–water partition coefficient (Wildman–Crippen LogP) is 2.27. The Bertz CT molecular complexity index is 635. The van der Waals surface area contributed by atoms with E-state index in [-0.39, 0.29) is 0 Å². The van der Waals surface area contributed by atoms with Gasteiger partial charge in [0.2, 0.25) is 0 Å². The fourth-order valence-corrected chi connectivity index (χ4v) is 1.87. The molecule has 3 N–H and O–H groups in total. The van der Waals surface area contributed by atoms with Crippen molar-refractivity contribution in [3.05, 3.63) is 40.8 Å². The van der Waals surface area contributed by atoms with Crippen molar-refractivity contribution in [2.24, 2.45) is 0 Å². The van der Waals surface area contributed by atoms with Gasteiger partial charge in [0.1, 0.15) is 0 Å². The third kappa shape index (κ3) is 2.90. The van der Waals surface area contributed by atoms with E-state index in [0.29, 0.717) is 17.8 Å². The van der Waals surface area contributed by atoms with Gasteiger partial charge in [0.25, 0.3) is 0 Å². The molecule has 0 atom stereocenters. The second-order valence-electron chi connectivity index (χ2n) is 4.53. The molecule has 0 fully saturated rings. The SMILES string of the molecule is COC(=O)c1cc(NCc2cc(C)no2)cc(C)c1N. The third-order valence-corrected chi connectivity index (χ3v) is 2.94. The van der Waals surface area contributed by atoms with Crippen LogP contribution in [-0.2, 0) is 11.3 Å². The zero-order valence-corrected chi connectivity index (χ0v) is 11.7. The molecule has 0 spiro atoms. The Labute approximate surface area is 116 Å². The smallest absolute Gasteiger partial charge is 0.340 e. The lowest BCUT2D eigenvalue weighted by molar-refractivity contribution is 0.0602. The highest BCUT2D eigenvalue weighted by Gasteiger charge is 2.13. The summed E-state index contributed by atoms with van der Waals surface area (Å²) in [5.74, 6) is 0.265. The molecule has 106 valence electrons. The number of esters is 1. The van der Waals surface area contributed by atoms with E-state index < -0.39 is 5.97 Å². The number of benzene rings is 1. The van der Waals surface area contributed by atoms with Crippen molar-refractivity contribution in [1.29, 1.82) is 0 Å². The number of nitrogens with zero attached hydrogens (tertiary/aromatic N) is 1. The van der Waals surface area contributed by atoms with E-state index in [9.17, 15) is 4.79 Å². The van der Waals surface area contributed by atoms with Gasteiger partial charge in [-0.25, -0.2) is 4.79 Å². The van der Waals surface area contributed by atoms with Crippen LogP contribution in [-0.4, -0.2) is 18.2 Å². The van der Waals surface area contributed by atoms with E-state index in [4.69, 9.17) is 15.0 Å². The molecule has 0 bridgehead atoms. The number of aryl methyl sites for hydroxylation is 2. The maximum Gasteiger partial charge on any atom is 0.340 e. The highest BCUT2D eigenvalue weighted by atomic mass is 16.5. The number of nitrogens with one attached hydrogen (secondary N) is 1. The molecule has 0 amide bonds. The van der Waals surface area contributed by atoms with Crippen LogP contribution in [0, 0.1) is 13.8 Å². The van der Waals surface area contributed by atoms with Crippen molar-refractivity contribution in [1.82, 2.24) is 5.16 Å². The predicted molar refractivity (Wildman–Crippen MR) is 75.5 cm³/mol. The van der Waals surface area contributed by atoms with E-state index in [2.05, 4.69) is 10.5 Å². The molecule has 0 saturated carbocycles. The van der Waals surface area contributed by atoms with Gasteiger partial charge >= 0.3 is 5.97 Å². The van der Waals surface area contributed by atoms with Gasteiger partial charge < -0.3 is 20.3 Å². The summed E-state index contributed by atoms with van der Waals surface area (Å²) >= 11 is 0. The Morgan fingerprint density at radius 3 is 2.75 bits per heavy atom. The molecular weight excluding hydrogens is 258 g/mol. The van der Waals surface area contributed by atoms with Crippen molar-refractivity contribution < 1.29 is 14.1 Å². The molecular formula is C14H17N3O3. The van der Waals surface area contributed by atoms with Gasteiger partial charge in [-0.1, -0.05) is 5.16 Å². The second-order valence-corrected chi connectivity index (χ2v) is 4.53. The van der Waals surface area contributed by atoms with Crippen LogP contribution in [0.4, 0.5) is 11.4 Å². The quantitative estimate of drug-likeness (QED) is 0.657. The summed E-state index contributed by atoms with van der Waals surface area (Å²) in [6.07, 6.45) is 0. The average molecular weight is 275 g/mol. The second kappa shape index (κ2) is 5.64. The zero-order chi connectivity index (χ0) is 14.7. The molecule has 0 radical (unpaired) electrons. The van der Waals surface area contributed by atoms with Crippen molar-refractivity contribution in [2.75, 3.05) is 18.2 Å². The fourth-order valence-electron chi connectivity index (χ4n) is 1.87. The van der Waals surface area contributed by atoms with E-state index in [1.165, 1.54) is 7.11 Å². The maximum absolute atomic E-state index is 11.7. The summed E-state index contributed by atoms with van der Waals surface area (Å²) in [4.78, 5) is 11.7. The summed E-state index contributed by atoms with van der Waals surface area (Å²) < 4.78 is 9.83. The van der Waals surface area contributed by atoms with E-state index in [1.807, 2.05) is 26.0 Å². The summed E-state index contributed by atoms with van der Waals surface area (Å²) in [6.45, 7) is 4.17. The monoisotopic (exact) mass is 275 g/mol. The molecule has 0 saturated heterocycles. The number of nitrogens with two attached hydrogens (primary N) is 1. The molecule has 2 aromatic rings. The van der Waals surface area contributed by atoms with Crippen LogP contribution in [0.25, 0.3) is 0 Å². The summed E-state index contributed by atoms with van der Waals surface area (Å²) in [6, 6.07) is 5.38. The number of nitrogen functional groups attached to an aromatic ring is 1. The molecule has 20 heavy (non-hydrogen) atoms. The highest BCUT2D eigenvalue weighted by molar-refractivity contribution is 5.97. The zero-order valence-electron chi connectivity index (χ0n) is 11.7. The minimum absolute atomic E-state index is 0.351. The Balaban J connectivity index is 2.19. The first-order chi connectivity index (χ1) is 9.51. The molecule has 1 aromatic heterocycles. The molecule has 1 aromatic carbocycles. The number of carbonyl (C=O) groups is 1. The lowest BCUT2D eigenvalue weighted by Crippen LogP contribution is -2.09. The highest BCUT2D eigenvalue weighted by Crippen LogP contribution is 2.24. The Morgan fingerprint density at radius 2 is 2.15 bits per heavy atom. The topological polar surface area (TPSA) is 90.4 Å². The van der Waals surface area contributed by atoms with Gasteiger partial charge in [-0.15, -0.1) is 0 Å². The molecule has 6 nitrogen and oxygen atoms in total. The summed E-state index contributed by atoms with van der Waals surface area (Å²) in [7, 11) is 1.33. The lowest BCUT2D eigenvalue weighted by Gasteiger charge is -2.11. The first-order valence-electron chi connectivity index (χ1n) is 6.15. The van der Waals surface area contributed by atoms with Crippen LogP contribution < -0.4 is 11.1 Å². The van der Waals surface area contributed by atoms with Crippen LogP contribution in [0.3, 0.4) is 0 Å². The number of ether oxygens (including phenoxy) is 1. The molecule has 0 aliphatic rings. The number of rotatable bonds is 4. The van der Waals surface area contributed by atoms with E-state index >= 15 is 0 Å². The first-order valence-corrected chi connectivity index (χ1v) is 6.15. The van der Waals surface area contributed by atoms with Gasteiger partial charge in [0, 0.05) is 17.4 Å². The van der Waals surface area contributed by atoms with Crippen molar-refractivity contribution in [3.63, 3.8) is 0 Å². The van der Waals surface area contributed by atoms with Crippen molar-refractivity contribution >= 4 is 17.3 Å². The maximum atomic E-state index is 11.7. The number of hydrogen-bond acceptors (Lipinski definition) is 6. The number of hydrogen-bond donors (Lipinski definition) is 2. The number of methoxy groups -OCH3 is 1. The van der Waals surface area contributed by atoms with Crippen molar-refractivity contribution in [3.8, 4) is 0 Å². The van der Waals surface area contributed by atoms with Crippen LogP contribution in [0.15, 0.2) is 22.7 Å². The standard InChI is InChI=1S/C14H17N3O3/c1-8-4-10(6-12(13(8)15)14(18)19-3)16-7-11-5-9(2)17-20-11/h4-6,16H,7,15H2,1-3H3. The molecule has 0 aliphatic heterocycles. The van der Waals surface area contributed by atoms with Crippen LogP contribution in [0.2, 0.25) is 0 Å². The number of anilines is 2. The minimum Gasteiger partial charge on any atom is -0.465 e. The molecule has 1 heterocycles. The normalized spacial score (nSPS) is 10.3. The first kappa shape index (κ1) is 13.9. The van der Waals surface area contributed by atoms with Gasteiger partial charge in [0.15, 0.2) is 5.76 Å². The number of carbonyl (C=O) groups excluding carboxylic acids is 1. The minimum atomic E-state index is -0.454. The Morgan fingerprint density at radius 1 is 1.40 bits per heavy atom. The Hall–Kier alpha value is -2.50. The summed E-state index contributed by atoms with van der Waals surface area (Å²) in [5.41, 5.74) is 9.06. The van der Waals surface area contributed by atoms with Crippen LogP contribution >= 0.6 is 0 Å². The van der Waals surface area contributed by atoms with Gasteiger partial charge in [-0.05, 0) is 31.5 Å². The van der Waals surface area contributed by atoms with E-state index in [1.54, 1.807) is 6.07 Å². The molecule has 6 heteroatoms. The van der Waals surface area contributed by atoms with Gasteiger partial charge in [-0.3, -0.25) is 0 Å². The van der Waals surface area contributed by atoms with Crippen molar-refractivity contribution in [2.45, 2.75) is 20.4 Å². The number of aromatic nitrogens is 1.